The molecule has 0 spiro atoms. The van der Waals surface area contributed by atoms with Gasteiger partial charge in [-0.2, -0.15) is 0 Å². The zero-order valence-electron chi connectivity index (χ0n) is 9.50. The van der Waals surface area contributed by atoms with Crippen LogP contribution in [0.4, 0.5) is 0 Å². The number of hydrogen-bond acceptors (Lipinski definition) is 3. The molecule has 0 fully saturated rings. The van der Waals surface area contributed by atoms with Crippen molar-refractivity contribution in [2.24, 2.45) is 5.73 Å². The fourth-order valence-electron chi connectivity index (χ4n) is 1.70. The third-order valence-corrected chi connectivity index (χ3v) is 3.52. The Morgan fingerprint density at radius 3 is 2.59 bits per heavy atom. The van der Waals surface area contributed by atoms with Gasteiger partial charge in [-0.3, -0.25) is 4.79 Å². The van der Waals surface area contributed by atoms with Crippen molar-refractivity contribution in [1.82, 2.24) is 0 Å². The number of rotatable bonds is 5. The summed E-state index contributed by atoms with van der Waals surface area (Å²) in [6, 6.07) is 13.4. The predicted octanol–water partition coefficient (Wildman–Crippen LogP) is 2.43. The minimum absolute atomic E-state index is 0.108. The van der Waals surface area contributed by atoms with Crippen molar-refractivity contribution in [3.05, 3.63) is 58.3 Å². The number of carbonyl (C=O) groups is 1. The summed E-state index contributed by atoms with van der Waals surface area (Å²) in [5, 5.41) is 1.98. The molecule has 0 aliphatic heterocycles. The molecule has 0 aliphatic rings. The van der Waals surface area contributed by atoms with E-state index in [-0.39, 0.29) is 5.78 Å². The third-order valence-electron chi connectivity index (χ3n) is 2.64. The van der Waals surface area contributed by atoms with Crippen molar-refractivity contribution in [2.75, 3.05) is 0 Å². The zero-order chi connectivity index (χ0) is 12.1. The second kappa shape index (κ2) is 5.75. The average Bonchev–Trinajstić information content (AvgIpc) is 2.83. The van der Waals surface area contributed by atoms with Crippen LogP contribution in [-0.4, -0.2) is 11.8 Å². The van der Waals surface area contributed by atoms with Crippen LogP contribution in [0.5, 0.6) is 0 Å². The van der Waals surface area contributed by atoms with Crippen LogP contribution in [0.25, 0.3) is 0 Å². The molecule has 0 saturated carbocycles. The van der Waals surface area contributed by atoms with Crippen molar-refractivity contribution in [1.29, 1.82) is 0 Å². The molecule has 0 bridgehead atoms. The molecule has 1 aromatic carbocycles. The number of thiophene rings is 1. The van der Waals surface area contributed by atoms with Crippen LogP contribution in [-0.2, 0) is 17.6 Å². The van der Waals surface area contributed by atoms with Gasteiger partial charge in [-0.25, -0.2) is 0 Å². The van der Waals surface area contributed by atoms with Crippen molar-refractivity contribution >= 4 is 17.1 Å². The number of Topliss-reactive ketones (excluding diaryl/α,β-unsaturated/α-hetero) is 1. The first-order valence-corrected chi connectivity index (χ1v) is 6.48. The number of benzene rings is 1. The number of ketones is 1. The van der Waals surface area contributed by atoms with Gasteiger partial charge in [-0.05, 0) is 23.4 Å². The molecule has 2 aromatic rings. The molecule has 0 saturated heterocycles. The van der Waals surface area contributed by atoms with Gasteiger partial charge >= 0.3 is 0 Å². The van der Waals surface area contributed by atoms with Gasteiger partial charge < -0.3 is 5.73 Å². The van der Waals surface area contributed by atoms with E-state index < -0.39 is 6.04 Å². The van der Waals surface area contributed by atoms with E-state index in [4.69, 9.17) is 5.73 Å². The molecule has 88 valence electrons. The topological polar surface area (TPSA) is 43.1 Å². The van der Waals surface area contributed by atoms with E-state index in [2.05, 4.69) is 0 Å². The average molecular weight is 245 g/mol. The minimum atomic E-state index is -0.403. The summed E-state index contributed by atoms with van der Waals surface area (Å²) in [6.45, 7) is 0. The Hall–Kier alpha value is -1.45. The quantitative estimate of drug-likeness (QED) is 0.879. The SMILES string of the molecule is NC(Cc1ccccc1)C(=O)Cc1cccs1. The second-order valence-corrected chi connectivity index (χ2v) is 5.05. The molecule has 0 radical (unpaired) electrons. The standard InChI is InChI=1S/C14H15NOS/c15-13(9-11-5-2-1-3-6-11)14(16)10-12-7-4-8-17-12/h1-8,13H,9-10,15H2. The molecule has 3 heteroatoms. The van der Waals surface area contributed by atoms with Gasteiger partial charge in [-0.15, -0.1) is 11.3 Å². The summed E-state index contributed by atoms with van der Waals surface area (Å²) in [5.41, 5.74) is 7.03. The predicted molar refractivity (Wildman–Crippen MR) is 71.2 cm³/mol. The summed E-state index contributed by atoms with van der Waals surface area (Å²) in [6.07, 6.45) is 1.07. The van der Waals surface area contributed by atoms with Gasteiger partial charge in [0.25, 0.3) is 0 Å². The molecule has 1 aromatic heterocycles. The Morgan fingerprint density at radius 2 is 1.94 bits per heavy atom. The van der Waals surface area contributed by atoms with Gasteiger partial charge in [0.1, 0.15) is 0 Å². The zero-order valence-corrected chi connectivity index (χ0v) is 10.3. The summed E-state index contributed by atoms with van der Waals surface area (Å²) in [5.74, 6) is 0.108. The van der Waals surface area contributed by atoms with Crippen LogP contribution in [0.15, 0.2) is 47.8 Å². The lowest BCUT2D eigenvalue weighted by molar-refractivity contribution is -0.119. The van der Waals surface area contributed by atoms with E-state index in [1.807, 2.05) is 47.8 Å². The lowest BCUT2D eigenvalue weighted by Crippen LogP contribution is -2.33. The van der Waals surface area contributed by atoms with Crippen molar-refractivity contribution in [3.63, 3.8) is 0 Å². The first-order chi connectivity index (χ1) is 8.25. The molecule has 17 heavy (non-hydrogen) atoms. The minimum Gasteiger partial charge on any atom is -0.321 e. The molecule has 1 heterocycles. The molecule has 0 amide bonds. The molecule has 1 unspecified atom stereocenters. The summed E-state index contributed by atoms with van der Waals surface area (Å²) in [7, 11) is 0. The van der Waals surface area contributed by atoms with Crippen molar-refractivity contribution in [2.45, 2.75) is 18.9 Å². The highest BCUT2D eigenvalue weighted by molar-refractivity contribution is 7.10. The molecule has 0 aliphatic carbocycles. The maximum Gasteiger partial charge on any atom is 0.155 e. The lowest BCUT2D eigenvalue weighted by atomic mass is 10.0. The van der Waals surface area contributed by atoms with E-state index in [0.29, 0.717) is 12.8 Å². The van der Waals surface area contributed by atoms with Crippen molar-refractivity contribution in [3.8, 4) is 0 Å². The highest BCUT2D eigenvalue weighted by Gasteiger charge is 2.14. The second-order valence-electron chi connectivity index (χ2n) is 4.02. The first-order valence-electron chi connectivity index (χ1n) is 5.60. The molecular formula is C14H15NOS. The Bertz CT molecular complexity index is 464. The van der Waals surface area contributed by atoms with E-state index in [1.54, 1.807) is 11.3 Å². The fourth-order valence-corrected chi connectivity index (χ4v) is 2.41. The highest BCUT2D eigenvalue weighted by Crippen LogP contribution is 2.11. The Labute approximate surface area is 105 Å². The van der Waals surface area contributed by atoms with Crippen LogP contribution in [0.3, 0.4) is 0 Å². The number of carbonyl (C=O) groups excluding carboxylic acids is 1. The van der Waals surface area contributed by atoms with Crippen LogP contribution < -0.4 is 5.73 Å². The molecular weight excluding hydrogens is 230 g/mol. The third kappa shape index (κ3) is 3.51. The van der Waals surface area contributed by atoms with Gasteiger partial charge in [0.2, 0.25) is 0 Å². The highest BCUT2D eigenvalue weighted by atomic mass is 32.1. The summed E-state index contributed by atoms with van der Waals surface area (Å²) >= 11 is 1.60. The van der Waals surface area contributed by atoms with Crippen LogP contribution in [0, 0.1) is 0 Å². The Morgan fingerprint density at radius 1 is 1.18 bits per heavy atom. The van der Waals surface area contributed by atoms with Gasteiger partial charge in [0.15, 0.2) is 5.78 Å². The largest absolute Gasteiger partial charge is 0.321 e. The molecule has 2 N–H and O–H groups in total. The molecule has 2 rings (SSSR count). The van der Waals surface area contributed by atoms with E-state index in [1.165, 1.54) is 0 Å². The van der Waals surface area contributed by atoms with Crippen molar-refractivity contribution < 1.29 is 4.79 Å². The maximum atomic E-state index is 11.9. The first kappa shape index (κ1) is 12.0. The van der Waals surface area contributed by atoms with E-state index in [9.17, 15) is 4.79 Å². The molecule has 1 atom stereocenters. The summed E-state index contributed by atoms with van der Waals surface area (Å²) < 4.78 is 0. The lowest BCUT2D eigenvalue weighted by Gasteiger charge is -2.09. The smallest absolute Gasteiger partial charge is 0.155 e. The Balaban J connectivity index is 1.92. The summed E-state index contributed by atoms with van der Waals surface area (Å²) in [4.78, 5) is 13.0. The van der Waals surface area contributed by atoms with E-state index >= 15 is 0 Å². The van der Waals surface area contributed by atoms with E-state index in [0.717, 1.165) is 10.4 Å². The molecule has 2 nitrogen and oxygen atoms in total. The van der Waals surface area contributed by atoms with Gasteiger partial charge in [0.05, 0.1) is 6.04 Å². The van der Waals surface area contributed by atoms with Crippen LogP contribution >= 0.6 is 11.3 Å². The fraction of sp³-hybridized carbons (Fsp3) is 0.214. The van der Waals surface area contributed by atoms with Gasteiger partial charge in [0, 0.05) is 11.3 Å². The number of nitrogens with two attached hydrogens (primary N) is 1. The Kier molecular flexibility index (Phi) is 4.07. The van der Waals surface area contributed by atoms with Crippen LogP contribution in [0.2, 0.25) is 0 Å². The maximum absolute atomic E-state index is 11.9. The van der Waals surface area contributed by atoms with Gasteiger partial charge in [-0.1, -0.05) is 36.4 Å². The number of hydrogen-bond donors (Lipinski definition) is 1. The normalized spacial score (nSPS) is 12.3. The monoisotopic (exact) mass is 245 g/mol. The van der Waals surface area contributed by atoms with Crippen LogP contribution in [0.1, 0.15) is 10.4 Å².